The monoisotopic (exact) mass is 354 g/mol. The molecular formula is C13H17F3N2O4S. The Kier molecular flexibility index (Phi) is 4.74. The maximum Gasteiger partial charge on any atom is 0.433 e. The number of halogens is 3. The van der Waals surface area contributed by atoms with E-state index in [0.717, 1.165) is 10.9 Å². The van der Waals surface area contributed by atoms with Crippen molar-refractivity contribution in [3.05, 3.63) is 17.5 Å². The van der Waals surface area contributed by atoms with Crippen molar-refractivity contribution in [1.29, 1.82) is 0 Å². The van der Waals surface area contributed by atoms with Gasteiger partial charge in [0.15, 0.2) is 5.69 Å². The Bertz CT molecular complexity index is 689. The van der Waals surface area contributed by atoms with Crippen molar-refractivity contribution in [1.82, 2.24) is 9.78 Å². The van der Waals surface area contributed by atoms with Gasteiger partial charge in [-0.1, -0.05) is 0 Å². The van der Waals surface area contributed by atoms with Crippen LogP contribution in [0.5, 0.6) is 0 Å². The van der Waals surface area contributed by atoms with Crippen LogP contribution in [-0.2, 0) is 16.0 Å². The number of sulfone groups is 1. The van der Waals surface area contributed by atoms with Crippen LogP contribution in [0.2, 0.25) is 0 Å². The van der Waals surface area contributed by atoms with Gasteiger partial charge in [0.1, 0.15) is 15.4 Å². The lowest BCUT2D eigenvalue weighted by Gasteiger charge is -2.29. The molecule has 130 valence electrons. The fourth-order valence-electron chi connectivity index (χ4n) is 3.06. The number of carboxylic acids is 1. The van der Waals surface area contributed by atoms with Crippen LogP contribution in [0.15, 0.2) is 6.20 Å². The number of aromatic carboxylic acids is 1. The van der Waals surface area contributed by atoms with E-state index in [2.05, 4.69) is 5.10 Å². The molecular weight excluding hydrogens is 337 g/mol. The summed E-state index contributed by atoms with van der Waals surface area (Å²) in [6, 6.07) is -0.574. The first-order valence-corrected chi connectivity index (χ1v) is 9.11. The summed E-state index contributed by atoms with van der Waals surface area (Å²) < 4.78 is 62.8. The lowest BCUT2D eigenvalue weighted by Crippen LogP contribution is -2.27. The molecule has 1 N–H and O–H groups in total. The Morgan fingerprint density at radius 1 is 1.35 bits per heavy atom. The van der Waals surface area contributed by atoms with Gasteiger partial charge in [0.25, 0.3) is 0 Å². The van der Waals surface area contributed by atoms with E-state index in [9.17, 15) is 26.4 Å². The first-order valence-electron chi connectivity index (χ1n) is 7.04. The smallest absolute Gasteiger partial charge is 0.433 e. The first kappa shape index (κ1) is 17.8. The zero-order valence-corrected chi connectivity index (χ0v) is 13.2. The van der Waals surface area contributed by atoms with E-state index >= 15 is 0 Å². The van der Waals surface area contributed by atoms with Gasteiger partial charge in [0, 0.05) is 6.26 Å². The minimum absolute atomic E-state index is 0.0192. The highest BCUT2D eigenvalue weighted by Gasteiger charge is 2.42. The van der Waals surface area contributed by atoms with E-state index < -0.39 is 39.3 Å². The van der Waals surface area contributed by atoms with E-state index in [4.69, 9.17) is 5.11 Å². The fourth-order valence-corrected chi connectivity index (χ4v) is 4.25. The van der Waals surface area contributed by atoms with Gasteiger partial charge in [-0.2, -0.15) is 18.3 Å². The molecule has 2 rings (SSSR count). The predicted octanol–water partition coefficient (Wildman–Crippen LogP) is 2.38. The number of rotatable bonds is 4. The van der Waals surface area contributed by atoms with Gasteiger partial charge >= 0.3 is 12.1 Å². The third kappa shape index (κ3) is 4.24. The number of aromatic nitrogens is 2. The molecule has 0 aromatic carbocycles. The van der Waals surface area contributed by atoms with Crippen LogP contribution in [-0.4, -0.2) is 41.3 Å². The molecule has 1 fully saturated rings. The van der Waals surface area contributed by atoms with Gasteiger partial charge in [-0.15, -0.1) is 0 Å². The second-order valence-corrected chi connectivity index (χ2v) is 8.11. The third-order valence-corrected chi connectivity index (χ3v) is 5.07. The highest BCUT2D eigenvalue weighted by Crippen LogP contribution is 2.38. The van der Waals surface area contributed by atoms with Gasteiger partial charge in [0.05, 0.1) is 18.0 Å². The molecule has 6 nitrogen and oxygen atoms in total. The zero-order chi connectivity index (χ0) is 17.4. The van der Waals surface area contributed by atoms with Crippen LogP contribution in [0.3, 0.4) is 0 Å². The molecule has 0 spiro atoms. The molecule has 1 saturated carbocycles. The average Bonchev–Trinajstić information content (AvgIpc) is 2.82. The van der Waals surface area contributed by atoms with Crippen molar-refractivity contribution in [2.24, 2.45) is 5.92 Å². The number of carbonyl (C=O) groups is 1. The number of carboxylic acid groups (broad SMARTS) is 1. The van der Waals surface area contributed by atoms with Crippen LogP contribution in [0.25, 0.3) is 0 Å². The second-order valence-electron chi connectivity index (χ2n) is 5.92. The largest absolute Gasteiger partial charge is 0.478 e. The first-order chi connectivity index (χ1) is 10.5. The molecule has 0 saturated heterocycles. The maximum absolute atomic E-state index is 13.2. The van der Waals surface area contributed by atoms with Gasteiger partial charge in [-0.05, 0) is 31.6 Å². The minimum Gasteiger partial charge on any atom is -0.478 e. The van der Waals surface area contributed by atoms with Gasteiger partial charge in [-0.25, -0.2) is 13.2 Å². The van der Waals surface area contributed by atoms with Crippen molar-refractivity contribution in [2.75, 3.05) is 12.0 Å². The van der Waals surface area contributed by atoms with Crippen LogP contribution < -0.4 is 0 Å². The lowest BCUT2D eigenvalue weighted by molar-refractivity contribution is -0.145. The number of hydrogen-bond acceptors (Lipinski definition) is 4. The van der Waals surface area contributed by atoms with E-state index in [-0.39, 0.29) is 11.7 Å². The Balaban J connectivity index is 2.20. The Labute approximate surface area is 131 Å². The zero-order valence-electron chi connectivity index (χ0n) is 12.4. The summed E-state index contributed by atoms with van der Waals surface area (Å²) in [4.78, 5) is 11.0. The second kappa shape index (κ2) is 6.14. The number of alkyl halides is 3. The van der Waals surface area contributed by atoms with Crippen molar-refractivity contribution >= 4 is 15.8 Å². The van der Waals surface area contributed by atoms with E-state index in [1.54, 1.807) is 0 Å². The van der Waals surface area contributed by atoms with Crippen molar-refractivity contribution in [3.63, 3.8) is 0 Å². The third-order valence-electron chi connectivity index (χ3n) is 3.99. The molecule has 1 aliphatic rings. The Morgan fingerprint density at radius 2 is 1.91 bits per heavy atom. The summed E-state index contributed by atoms with van der Waals surface area (Å²) in [6.45, 7) is 0. The van der Waals surface area contributed by atoms with Gasteiger partial charge in [-0.3, -0.25) is 4.68 Å². The number of hydrogen-bond donors (Lipinski definition) is 1. The normalized spacial score (nSPS) is 23.0. The molecule has 1 aromatic heterocycles. The highest BCUT2D eigenvalue weighted by atomic mass is 32.2. The van der Waals surface area contributed by atoms with Crippen LogP contribution in [0.4, 0.5) is 13.2 Å². The summed E-state index contributed by atoms with van der Waals surface area (Å²) in [5.74, 6) is -1.73. The van der Waals surface area contributed by atoms with Gasteiger partial charge < -0.3 is 5.11 Å². The molecule has 0 amide bonds. The van der Waals surface area contributed by atoms with Gasteiger partial charge in [0.2, 0.25) is 0 Å². The average molecular weight is 354 g/mol. The maximum atomic E-state index is 13.2. The summed E-state index contributed by atoms with van der Waals surface area (Å²) in [7, 11) is -3.12. The minimum atomic E-state index is -4.81. The molecule has 0 unspecified atom stereocenters. The molecule has 10 heteroatoms. The molecule has 0 radical (unpaired) electrons. The predicted molar refractivity (Wildman–Crippen MR) is 74.9 cm³/mol. The van der Waals surface area contributed by atoms with Crippen LogP contribution in [0.1, 0.15) is 47.8 Å². The molecule has 1 heterocycles. The quantitative estimate of drug-likeness (QED) is 0.897. The molecule has 1 aliphatic carbocycles. The van der Waals surface area contributed by atoms with Crippen molar-refractivity contribution in [3.8, 4) is 0 Å². The molecule has 0 aliphatic heterocycles. The summed E-state index contributed by atoms with van der Waals surface area (Å²) >= 11 is 0. The van der Waals surface area contributed by atoms with E-state index in [1.807, 2.05) is 0 Å². The van der Waals surface area contributed by atoms with E-state index in [1.165, 1.54) is 0 Å². The summed E-state index contributed by atoms with van der Waals surface area (Å²) in [6.07, 6.45) is -1.35. The topological polar surface area (TPSA) is 89.3 Å². The lowest BCUT2D eigenvalue weighted by atomic mass is 9.87. The summed E-state index contributed by atoms with van der Waals surface area (Å²) in [5.41, 5.74) is -2.12. The van der Waals surface area contributed by atoms with Crippen LogP contribution >= 0.6 is 0 Å². The highest BCUT2D eigenvalue weighted by molar-refractivity contribution is 7.90. The molecule has 23 heavy (non-hydrogen) atoms. The Morgan fingerprint density at radius 3 is 2.35 bits per heavy atom. The SMILES string of the molecule is CS(=O)(=O)C[C@H]1CC[C@@H](n2ncc(C(=O)O)c2C(F)(F)F)CC1. The van der Waals surface area contributed by atoms with Crippen LogP contribution in [0, 0.1) is 5.92 Å². The number of nitrogens with zero attached hydrogens (tertiary/aromatic N) is 2. The fraction of sp³-hybridized carbons (Fsp3) is 0.692. The molecule has 0 atom stereocenters. The summed E-state index contributed by atoms with van der Waals surface area (Å²) in [5, 5.41) is 12.5. The standard InChI is InChI=1S/C13H17F3N2O4S/c1-23(21,22)7-8-2-4-9(5-3-8)18-11(13(14,15)16)10(6-17-18)12(19)20/h6,8-9H,2-5,7H2,1H3,(H,19,20)/t8-,9+. The Hall–Kier alpha value is -1.58. The molecule has 0 bridgehead atoms. The molecule has 1 aromatic rings. The van der Waals surface area contributed by atoms with Crippen molar-refractivity contribution < 1.29 is 31.5 Å². The van der Waals surface area contributed by atoms with Crippen molar-refractivity contribution in [2.45, 2.75) is 37.9 Å². The van der Waals surface area contributed by atoms with E-state index in [0.29, 0.717) is 31.9 Å².